The standard InChI is InChI=1S/C16H16ClNO5S/c1-18(13-7-4-11(5-8-13)16(19)23-3)24(20,21)15-10-12(17)6-9-14(15)22-2/h4-10H,1-3H3. The smallest absolute Gasteiger partial charge is 0.337 e. The molecule has 0 fully saturated rings. The summed E-state index contributed by atoms with van der Waals surface area (Å²) in [6.45, 7) is 0. The quantitative estimate of drug-likeness (QED) is 0.757. The summed E-state index contributed by atoms with van der Waals surface area (Å²) in [5.74, 6) is -0.305. The number of anilines is 1. The van der Waals surface area contributed by atoms with Crippen molar-refractivity contribution in [3.8, 4) is 5.75 Å². The third-order valence-electron chi connectivity index (χ3n) is 3.42. The summed E-state index contributed by atoms with van der Waals surface area (Å²) in [5, 5.41) is 0.281. The molecule has 0 radical (unpaired) electrons. The normalized spacial score (nSPS) is 11.0. The highest BCUT2D eigenvalue weighted by atomic mass is 35.5. The molecule has 0 atom stereocenters. The molecule has 6 nitrogen and oxygen atoms in total. The van der Waals surface area contributed by atoms with Crippen molar-refractivity contribution in [2.75, 3.05) is 25.6 Å². The van der Waals surface area contributed by atoms with Gasteiger partial charge < -0.3 is 9.47 Å². The number of hydrogen-bond acceptors (Lipinski definition) is 5. The third kappa shape index (κ3) is 3.47. The van der Waals surface area contributed by atoms with E-state index < -0.39 is 16.0 Å². The van der Waals surface area contributed by atoms with E-state index in [-0.39, 0.29) is 15.7 Å². The van der Waals surface area contributed by atoms with Gasteiger partial charge in [-0.1, -0.05) is 11.6 Å². The second-order valence-corrected chi connectivity index (χ2v) is 7.18. The van der Waals surface area contributed by atoms with E-state index in [0.29, 0.717) is 11.3 Å². The Labute approximate surface area is 145 Å². The van der Waals surface area contributed by atoms with E-state index in [1.165, 1.54) is 57.7 Å². The molecule has 0 aromatic heterocycles. The highest BCUT2D eigenvalue weighted by Gasteiger charge is 2.25. The van der Waals surface area contributed by atoms with E-state index in [2.05, 4.69) is 4.74 Å². The summed E-state index contributed by atoms with van der Waals surface area (Å²) < 4.78 is 36.5. The largest absolute Gasteiger partial charge is 0.495 e. The van der Waals surface area contributed by atoms with Gasteiger partial charge in [-0.05, 0) is 42.5 Å². The van der Waals surface area contributed by atoms with Gasteiger partial charge in [-0.15, -0.1) is 0 Å². The number of benzene rings is 2. The molecule has 0 aliphatic heterocycles. The van der Waals surface area contributed by atoms with Crippen LogP contribution in [0.5, 0.6) is 5.75 Å². The molecule has 0 aliphatic carbocycles. The minimum absolute atomic E-state index is 0.0444. The Morgan fingerprint density at radius 3 is 2.25 bits per heavy atom. The van der Waals surface area contributed by atoms with Crippen molar-refractivity contribution in [1.82, 2.24) is 0 Å². The summed E-state index contributed by atoms with van der Waals surface area (Å²) in [7, 11) is 0.176. The van der Waals surface area contributed by atoms with Crippen LogP contribution in [0.25, 0.3) is 0 Å². The highest BCUT2D eigenvalue weighted by Crippen LogP contribution is 2.31. The van der Waals surface area contributed by atoms with Crippen LogP contribution in [-0.2, 0) is 14.8 Å². The van der Waals surface area contributed by atoms with Gasteiger partial charge in [-0.2, -0.15) is 0 Å². The molecule has 0 heterocycles. The zero-order valence-electron chi connectivity index (χ0n) is 13.3. The molecule has 0 bridgehead atoms. The van der Waals surface area contributed by atoms with E-state index in [1.807, 2.05) is 0 Å². The van der Waals surface area contributed by atoms with E-state index >= 15 is 0 Å². The maximum atomic E-state index is 12.8. The van der Waals surface area contributed by atoms with Gasteiger partial charge in [-0.25, -0.2) is 13.2 Å². The van der Waals surface area contributed by atoms with Crippen LogP contribution in [0, 0.1) is 0 Å². The molecular formula is C16H16ClNO5S. The van der Waals surface area contributed by atoms with Gasteiger partial charge in [0.2, 0.25) is 0 Å². The number of esters is 1. The number of nitrogens with zero attached hydrogens (tertiary/aromatic N) is 1. The lowest BCUT2D eigenvalue weighted by molar-refractivity contribution is 0.0601. The first kappa shape index (κ1) is 18.1. The number of carbonyl (C=O) groups is 1. The SMILES string of the molecule is COC(=O)c1ccc(N(C)S(=O)(=O)c2cc(Cl)ccc2OC)cc1. The van der Waals surface area contributed by atoms with Gasteiger partial charge in [-0.3, -0.25) is 4.31 Å². The lowest BCUT2D eigenvalue weighted by Gasteiger charge is -2.21. The maximum absolute atomic E-state index is 12.8. The van der Waals surface area contributed by atoms with Crippen molar-refractivity contribution in [2.45, 2.75) is 4.90 Å². The molecule has 0 aliphatic rings. The second-order valence-electron chi connectivity index (χ2n) is 4.81. The van der Waals surface area contributed by atoms with Crippen LogP contribution < -0.4 is 9.04 Å². The van der Waals surface area contributed by atoms with Crippen molar-refractivity contribution in [1.29, 1.82) is 0 Å². The minimum atomic E-state index is -3.89. The molecule has 0 N–H and O–H groups in total. The fourth-order valence-corrected chi connectivity index (χ4v) is 3.68. The highest BCUT2D eigenvalue weighted by molar-refractivity contribution is 7.93. The van der Waals surface area contributed by atoms with Crippen molar-refractivity contribution in [3.05, 3.63) is 53.1 Å². The Hall–Kier alpha value is -2.25. The molecule has 0 saturated heterocycles. The zero-order chi connectivity index (χ0) is 17.9. The van der Waals surface area contributed by atoms with Crippen LogP contribution in [0.3, 0.4) is 0 Å². The number of methoxy groups -OCH3 is 2. The number of rotatable bonds is 5. The van der Waals surface area contributed by atoms with Gasteiger partial charge >= 0.3 is 5.97 Å². The Balaban J connectivity index is 2.43. The van der Waals surface area contributed by atoms with E-state index in [0.717, 1.165) is 4.31 Å². The van der Waals surface area contributed by atoms with Crippen LogP contribution in [0.2, 0.25) is 5.02 Å². The predicted molar refractivity (Wildman–Crippen MR) is 91.4 cm³/mol. The Morgan fingerprint density at radius 1 is 1.08 bits per heavy atom. The summed E-state index contributed by atoms with van der Waals surface area (Å²) in [6, 6.07) is 10.4. The molecule has 24 heavy (non-hydrogen) atoms. The molecule has 128 valence electrons. The third-order valence-corrected chi connectivity index (χ3v) is 5.46. The number of sulfonamides is 1. The molecule has 0 spiro atoms. The average molecular weight is 370 g/mol. The van der Waals surface area contributed by atoms with Gasteiger partial charge in [0.05, 0.1) is 25.5 Å². The molecule has 0 amide bonds. The van der Waals surface area contributed by atoms with Crippen LogP contribution >= 0.6 is 11.6 Å². The fraction of sp³-hybridized carbons (Fsp3) is 0.188. The average Bonchev–Trinajstić information content (AvgIpc) is 2.60. The summed E-state index contributed by atoms with van der Waals surface area (Å²) >= 11 is 5.91. The van der Waals surface area contributed by atoms with E-state index in [1.54, 1.807) is 6.07 Å². The maximum Gasteiger partial charge on any atom is 0.337 e. The molecular weight excluding hydrogens is 354 g/mol. The first-order valence-electron chi connectivity index (χ1n) is 6.82. The van der Waals surface area contributed by atoms with Gasteiger partial charge in [0.15, 0.2) is 0 Å². The summed E-state index contributed by atoms with van der Waals surface area (Å²) in [4.78, 5) is 11.4. The summed E-state index contributed by atoms with van der Waals surface area (Å²) in [6.07, 6.45) is 0. The van der Waals surface area contributed by atoms with Crippen LogP contribution in [0.1, 0.15) is 10.4 Å². The van der Waals surface area contributed by atoms with E-state index in [9.17, 15) is 13.2 Å². The number of ether oxygens (including phenoxy) is 2. The van der Waals surface area contributed by atoms with Crippen molar-refractivity contribution < 1.29 is 22.7 Å². The number of hydrogen-bond donors (Lipinski definition) is 0. The molecule has 2 aromatic carbocycles. The topological polar surface area (TPSA) is 72.9 Å². The van der Waals surface area contributed by atoms with Gasteiger partial charge in [0, 0.05) is 12.1 Å². The number of carbonyl (C=O) groups excluding carboxylic acids is 1. The predicted octanol–water partition coefficient (Wildman–Crippen LogP) is 2.96. The summed E-state index contributed by atoms with van der Waals surface area (Å²) in [5.41, 5.74) is 0.706. The molecule has 2 rings (SSSR count). The lowest BCUT2D eigenvalue weighted by atomic mass is 10.2. The second kappa shape index (κ2) is 7.11. The van der Waals surface area contributed by atoms with Gasteiger partial charge in [0.1, 0.15) is 10.6 Å². The molecule has 2 aromatic rings. The van der Waals surface area contributed by atoms with Crippen LogP contribution in [0.4, 0.5) is 5.69 Å². The molecule has 0 saturated carbocycles. The first-order valence-corrected chi connectivity index (χ1v) is 8.64. The van der Waals surface area contributed by atoms with Gasteiger partial charge in [0.25, 0.3) is 10.0 Å². The fourth-order valence-electron chi connectivity index (χ4n) is 2.06. The minimum Gasteiger partial charge on any atom is -0.495 e. The Morgan fingerprint density at radius 2 is 1.71 bits per heavy atom. The van der Waals surface area contributed by atoms with E-state index in [4.69, 9.17) is 16.3 Å². The van der Waals surface area contributed by atoms with Crippen molar-refractivity contribution >= 4 is 33.3 Å². The van der Waals surface area contributed by atoms with Crippen molar-refractivity contribution in [3.63, 3.8) is 0 Å². The van der Waals surface area contributed by atoms with Crippen LogP contribution in [0.15, 0.2) is 47.4 Å². The zero-order valence-corrected chi connectivity index (χ0v) is 14.9. The first-order chi connectivity index (χ1) is 11.3. The Kier molecular flexibility index (Phi) is 5.36. The monoisotopic (exact) mass is 369 g/mol. The molecule has 8 heteroatoms. The van der Waals surface area contributed by atoms with Crippen LogP contribution in [-0.4, -0.2) is 35.7 Å². The van der Waals surface area contributed by atoms with Crippen molar-refractivity contribution in [2.24, 2.45) is 0 Å². The molecule has 0 unspecified atom stereocenters. The lowest BCUT2D eigenvalue weighted by Crippen LogP contribution is -2.27. The number of halogens is 1. The Bertz CT molecular complexity index is 849.